The van der Waals surface area contributed by atoms with Crippen LogP contribution >= 0.6 is 0 Å². The summed E-state index contributed by atoms with van der Waals surface area (Å²) in [5.74, 6) is -2.78. The molecule has 4 fully saturated rings. The molecule has 5 heterocycles. The highest BCUT2D eigenvalue weighted by Crippen LogP contribution is 2.31. The molecule has 7 rings (SSSR count). The van der Waals surface area contributed by atoms with E-state index >= 15 is 0 Å². The van der Waals surface area contributed by atoms with Gasteiger partial charge in [-0.2, -0.15) is 0 Å². The van der Waals surface area contributed by atoms with E-state index in [1.807, 2.05) is 56.4 Å². The van der Waals surface area contributed by atoms with Gasteiger partial charge in [0.1, 0.15) is 36.5 Å². The minimum atomic E-state index is -1.45. The zero-order valence-electron chi connectivity index (χ0n) is 34.4. The van der Waals surface area contributed by atoms with Crippen LogP contribution in [0.3, 0.4) is 0 Å². The first-order chi connectivity index (χ1) is 28.3. The molecule has 0 aromatic heterocycles. The molecular weight excluding hydrogens is 757 g/mol. The lowest BCUT2D eigenvalue weighted by molar-refractivity contribution is -0.163. The normalized spacial score (nSPS) is 29.6. The Kier molecular flexibility index (Phi) is 12.8. The molecule has 0 bridgehead atoms. The van der Waals surface area contributed by atoms with E-state index in [1.54, 1.807) is 17.9 Å². The highest BCUT2D eigenvalue weighted by Gasteiger charge is 2.47. The zero-order chi connectivity index (χ0) is 42.0. The van der Waals surface area contributed by atoms with E-state index in [1.165, 1.54) is 16.7 Å². The number of piperidine rings is 1. The summed E-state index contributed by atoms with van der Waals surface area (Å²) >= 11 is 0. The maximum Gasteiger partial charge on any atom is 0.329 e. The Labute approximate surface area is 345 Å². The number of carbonyl (C=O) groups excluding carboxylic acids is 6. The van der Waals surface area contributed by atoms with Gasteiger partial charge in [-0.15, -0.1) is 0 Å². The largest absolute Gasteiger partial charge is 0.458 e. The molecule has 4 saturated heterocycles. The second-order valence-electron chi connectivity index (χ2n) is 16.9. The number of aliphatic hydroxyl groups excluding tert-OH is 1. The molecular formula is C43H58N8O8. The number of nitrogens with zero attached hydrogens (tertiary/aromatic N) is 4. The number of fused-ring (bicyclic) bond motifs is 4. The molecule has 16 nitrogen and oxygen atoms in total. The smallest absolute Gasteiger partial charge is 0.329 e. The fourth-order valence-electron chi connectivity index (χ4n) is 9.41. The maximum atomic E-state index is 14.8. The van der Waals surface area contributed by atoms with Crippen LogP contribution < -0.4 is 26.2 Å². The Hall–Kier alpha value is -5.22. The summed E-state index contributed by atoms with van der Waals surface area (Å²) in [7, 11) is 2.01. The molecule has 0 aliphatic carbocycles. The lowest BCUT2D eigenvalue weighted by Gasteiger charge is -2.42. The molecule has 0 saturated carbocycles. The lowest BCUT2D eigenvalue weighted by atomic mass is 9.98. The standard InChI is InChI=1S/C43H58N8O8/c1-25-21-35-42(57)59-27(3)36(41(56)50-19-10-14-34(50)40(55)49-18-9-8-13-33(49)38(53)44-26(2)39(54)51(35)24-25)47-37(52)31(22-28-11-6-5-7-12-28)46-43(58)45-30-15-16-32-29(23-30)17-20-48(32)4/h5-7,11-12,15-16,23,25-27,31,33-36,38,44,53H,8-10,13-14,17-22,24H2,1-4H3,(H,47,52)(H2,45,46,58)/t25-,26+,27+,31+,33+,34+,35+,36+,38?/m1/s1. The number of likely N-dealkylation sites (N-methyl/N-ethyl adjacent to an activating group) is 1. The number of benzene rings is 2. The molecule has 6 amide bonds. The first-order valence-corrected chi connectivity index (χ1v) is 21.1. The predicted octanol–water partition coefficient (Wildman–Crippen LogP) is 1.75. The SMILES string of the molecule is C[C@@H]1C[C@H]2C(=O)O[C@@H](C)[C@H](NC(=O)[C@H](Cc3ccccc3)NC(=O)Nc3ccc4c(c3)CCN4C)C(=O)N3CCC[C@H]3C(=O)N3CCCC[C@H]3C(O)N[C@@H](C)C(=O)N2C1. The van der Waals surface area contributed by atoms with Gasteiger partial charge in [0, 0.05) is 51.0 Å². The van der Waals surface area contributed by atoms with Gasteiger partial charge in [-0.3, -0.25) is 24.5 Å². The minimum absolute atomic E-state index is 0.0333. The number of carbonyl (C=O) groups is 6. The van der Waals surface area contributed by atoms with Crippen molar-refractivity contribution in [3.05, 3.63) is 59.7 Å². The van der Waals surface area contributed by atoms with E-state index in [4.69, 9.17) is 4.74 Å². The van der Waals surface area contributed by atoms with Crippen LogP contribution in [-0.4, -0.2) is 137 Å². The molecule has 5 aliphatic heterocycles. The number of hydrogen-bond donors (Lipinski definition) is 5. The molecule has 5 aliphatic rings. The fourth-order valence-corrected chi connectivity index (χ4v) is 9.41. The highest BCUT2D eigenvalue weighted by atomic mass is 16.5. The van der Waals surface area contributed by atoms with Crippen molar-refractivity contribution < 1.29 is 38.6 Å². The fraction of sp³-hybridized carbons (Fsp3) is 0.581. The van der Waals surface area contributed by atoms with Crippen molar-refractivity contribution in [2.75, 3.05) is 43.4 Å². The number of anilines is 2. The molecule has 5 N–H and O–H groups in total. The van der Waals surface area contributed by atoms with Gasteiger partial charge in [0.25, 0.3) is 0 Å². The summed E-state index contributed by atoms with van der Waals surface area (Å²) in [5.41, 5.74) is 3.51. The highest BCUT2D eigenvalue weighted by molar-refractivity contribution is 5.97. The van der Waals surface area contributed by atoms with Crippen LogP contribution in [0.2, 0.25) is 0 Å². The van der Waals surface area contributed by atoms with E-state index in [9.17, 15) is 33.9 Å². The van der Waals surface area contributed by atoms with E-state index < -0.39 is 78.3 Å². The molecule has 59 heavy (non-hydrogen) atoms. The van der Waals surface area contributed by atoms with Gasteiger partial charge < -0.3 is 45.4 Å². The van der Waals surface area contributed by atoms with Crippen LogP contribution in [0.4, 0.5) is 16.2 Å². The quantitative estimate of drug-likeness (QED) is 0.269. The summed E-state index contributed by atoms with van der Waals surface area (Å²) in [6.45, 7) is 6.84. The van der Waals surface area contributed by atoms with Crippen LogP contribution in [-0.2, 0) is 41.6 Å². The van der Waals surface area contributed by atoms with E-state index in [0.717, 1.165) is 42.6 Å². The Morgan fingerprint density at radius 3 is 2.42 bits per heavy atom. The molecule has 16 heteroatoms. The molecule has 0 radical (unpaired) electrons. The van der Waals surface area contributed by atoms with Crippen molar-refractivity contribution in [3.63, 3.8) is 0 Å². The maximum absolute atomic E-state index is 14.8. The Balaban J connectivity index is 1.18. The second kappa shape index (κ2) is 18.0. The van der Waals surface area contributed by atoms with E-state index in [0.29, 0.717) is 37.9 Å². The van der Waals surface area contributed by atoms with Gasteiger partial charge in [-0.1, -0.05) is 37.3 Å². The molecule has 9 atom stereocenters. The van der Waals surface area contributed by atoms with Gasteiger partial charge in [0.2, 0.25) is 23.6 Å². The minimum Gasteiger partial charge on any atom is -0.458 e. The number of nitrogens with one attached hydrogen (secondary N) is 4. The number of aliphatic hydroxyl groups is 1. The van der Waals surface area contributed by atoms with Gasteiger partial charge >= 0.3 is 12.0 Å². The average molecular weight is 815 g/mol. The first-order valence-electron chi connectivity index (χ1n) is 21.1. The summed E-state index contributed by atoms with van der Waals surface area (Å²) in [4.78, 5) is 91.8. The van der Waals surface area contributed by atoms with Crippen LogP contribution in [0.5, 0.6) is 0 Å². The molecule has 2 aromatic rings. The summed E-state index contributed by atoms with van der Waals surface area (Å²) < 4.78 is 6.00. The number of urea groups is 1. The lowest BCUT2D eigenvalue weighted by Crippen LogP contribution is -2.64. The summed E-state index contributed by atoms with van der Waals surface area (Å²) in [5, 5.41) is 22.9. The van der Waals surface area contributed by atoms with Crippen molar-refractivity contribution in [3.8, 4) is 0 Å². The Morgan fingerprint density at radius 2 is 1.64 bits per heavy atom. The van der Waals surface area contributed by atoms with Crippen molar-refractivity contribution in [2.24, 2.45) is 5.92 Å². The van der Waals surface area contributed by atoms with Gasteiger partial charge in [0.15, 0.2) is 0 Å². The number of amides is 6. The molecule has 318 valence electrons. The monoisotopic (exact) mass is 814 g/mol. The van der Waals surface area contributed by atoms with Crippen LogP contribution in [0, 0.1) is 5.92 Å². The third-order valence-electron chi connectivity index (χ3n) is 12.6. The van der Waals surface area contributed by atoms with Gasteiger partial charge in [-0.25, -0.2) is 9.59 Å². The Morgan fingerprint density at radius 1 is 0.881 bits per heavy atom. The molecule has 2 aromatic carbocycles. The Bertz CT molecular complexity index is 1910. The van der Waals surface area contributed by atoms with E-state index in [2.05, 4.69) is 26.2 Å². The van der Waals surface area contributed by atoms with Crippen molar-refractivity contribution in [1.29, 1.82) is 0 Å². The molecule has 0 spiro atoms. The van der Waals surface area contributed by atoms with Crippen LogP contribution in [0.15, 0.2) is 48.5 Å². The third-order valence-corrected chi connectivity index (χ3v) is 12.6. The van der Waals surface area contributed by atoms with Gasteiger partial charge in [-0.05, 0) is 94.0 Å². The number of esters is 1. The number of rotatable bonds is 6. The second-order valence-corrected chi connectivity index (χ2v) is 16.9. The zero-order valence-corrected chi connectivity index (χ0v) is 34.4. The molecule has 1 unspecified atom stereocenters. The number of ether oxygens (including phenoxy) is 1. The van der Waals surface area contributed by atoms with E-state index in [-0.39, 0.29) is 31.3 Å². The van der Waals surface area contributed by atoms with Crippen LogP contribution in [0.1, 0.15) is 70.4 Å². The number of cyclic esters (lactones) is 1. The average Bonchev–Trinajstić information content (AvgIpc) is 3.97. The van der Waals surface area contributed by atoms with Gasteiger partial charge in [0.05, 0.1) is 12.1 Å². The first kappa shape index (κ1) is 41.9. The van der Waals surface area contributed by atoms with Crippen molar-refractivity contribution >= 4 is 47.0 Å². The third kappa shape index (κ3) is 9.18. The number of hydrogen-bond acceptors (Lipinski definition) is 10. The predicted molar refractivity (Wildman–Crippen MR) is 219 cm³/mol. The topological polar surface area (TPSA) is 193 Å². The van der Waals surface area contributed by atoms with Crippen molar-refractivity contribution in [2.45, 2.75) is 121 Å². The summed E-state index contributed by atoms with van der Waals surface area (Å²) in [6, 6.07) is 8.22. The van der Waals surface area contributed by atoms with Crippen LogP contribution in [0.25, 0.3) is 0 Å². The summed E-state index contributed by atoms with van der Waals surface area (Å²) in [6.07, 6.45) is 1.67. The van der Waals surface area contributed by atoms with Crippen molar-refractivity contribution in [1.82, 2.24) is 30.7 Å².